The Bertz CT molecular complexity index is 1200. The molecule has 0 aliphatic carbocycles. The van der Waals surface area contributed by atoms with Crippen molar-refractivity contribution in [2.75, 3.05) is 43.4 Å². The number of urea groups is 1. The maximum Gasteiger partial charge on any atom is 0.321 e. The van der Waals surface area contributed by atoms with E-state index >= 15 is 0 Å². The van der Waals surface area contributed by atoms with E-state index in [-0.39, 0.29) is 6.03 Å². The zero-order chi connectivity index (χ0) is 24.1. The maximum atomic E-state index is 14.3. The van der Waals surface area contributed by atoms with Gasteiger partial charge in [-0.15, -0.1) is 0 Å². The number of nitrogens with zero attached hydrogens (tertiary/aromatic N) is 5. The molecule has 2 amide bonds. The van der Waals surface area contributed by atoms with Gasteiger partial charge in [0, 0.05) is 44.5 Å². The molecule has 4 rings (SSSR count). The number of likely N-dealkylation sites (tertiary alicyclic amines) is 1. The van der Waals surface area contributed by atoms with Crippen molar-refractivity contribution in [1.82, 2.24) is 20.2 Å². The lowest BCUT2D eigenvalue weighted by atomic mass is 10.1. The van der Waals surface area contributed by atoms with Crippen LogP contribution in [0, 0.1) is 5.82 Å². The zero-order valence-electron chi connectivity index (χ0n) is 18.6. The standard InChI is InChI=1S/C22H25ClFN7O2S/c1-30(18-5-3-14(23)13-16(18)24)19-6-4-17-20(27-19)34-22(26-17)28-21(32)25-9-2-10-31-11-7-15(29-33)8-12-31/h3-6,13,33H,2,7-12H2,1H3,(H2,25,26,28,32). The van der Waals surface area contributed by atoms with Crippen LogP contribution in [0.1, 0.15) is 19.3 Å². The Morgan fingerprint density at radius 1 is 1.29 bits per heavy atom. The minimum absolute atomic E-state index is 0.326. The predicted octanol–water partition coefficient (Wildman–Crippen LogP) is 4.69. The van der Waals surface area contributed by atoms with Gasteiger partial charge in [-0.2, -0.15) is 0 Å². The first-order valence-corrected chi connectivity index (χ1v) is 12.1. The van der Waals surface area contributed by atoms with E-state index in [0.29, 0.717) is 38.6 Å². The van der Waals surface area contributed by atoms with Gasteiger partial charge in [0.25, 0.3) is 0 Å². The van der Waals surface area contributed by atoms with Crippen LogP contribution in [0.3, 0.4) is 0 Å². The third-order valence-electron chi connectivity index (χ3n) is 5.59. The highest BCUT2D eigenvalue weighted by atomic mass is 35.5. The summed E-state index contributed by atoms with van der Waals surface area (Å²) < 4.78 is 14.3. The quantitative estimate of drug-likeness (QED) is 0.244. The number of anilines is 3. The third kappa shape index (κ3) is 5.91. The molecule has 0 atom stereocenters. The number of nitrogens with one attached hydrogen (secondary N) is 2. The minimum atomic E-state index is -0.440. The van der Waals surface area contributed by atoms with Crippen LogP contribution in [0.2, 0.25) is 5.02 Å². The molecular weight excluding hydrogens is 481 g/mol. The molecule has 2 aromatic heterocycles. The number of hydrogen-bond acceptors (Lipinski definition) is 8. The lowest BCUT2D eigenvalue weighted by Gasteiger charge is -2.26. The smallest absolute Gasteiger partial charge is 0.321 e. The van der Waals surface area contributed by atoms with Gasteiger partial charge < -0.3 is 20.3 Å². The van der Waals surface area contributed by atoms with E-state index in [1.54, 1.807) is 36.2 Å². The molecule has 1 aromatic carbocycles. The van der Waals surface area contributed by atoms with Crippen molar-refractivity contribution in [3.63, 3.8) is 0 Å². The molecular formula is C22H25ClFN7O2S. The number of carbonyl (C=O) groups excluding carboxylic acids is 1. The predicted molar refractivity (Wildman–Crippen MR) is 133 cm³/mol. The fraction of sp³-hybridized carbons (Fsp3) is 0.364. The van der Waals surface area contributed by atoms with Crippen molar-refractivity contribution >= 4 is 61.7 Å². The molecule has 12 heteroatoms. The van der Waals surface area contributed by atoms with Crippen LogP contribution < -0.4 is 15.5 Å². The minimum Gasteiger partial charge on any atom is -0.411 e. The molecule has 34 heavy (non-hydrogen) atoms. The number of carbonyl (C=O) groups is 1. The summed E-state index contributed by atoms with van der Waals surface area (Å²) in [5, 5.41) is 18.4. The van der Waals surface area contributed by atoms with E-state index < -0.39 is 5.82 Å². The van der Waals surface area contributed by atoms with Crippen molar-refractivity contribution in [2.45, 2.75) is 19.3 Å². The second-order valence-corrected chi connectivity index (χ2v) is 9.32. The number of benzene rings is 1. The molecule has 180 valence electrons. The SMILES string of the molecule is CN(c1ccc2nc(NC(=O)NCCCN3CCC(=NO)CC3)sc2n1)c1ccc(Cl)cc1F. The van der Waals surface area contributed by atoms with Crippen LogP contribution in [0.25, 0.3) is 10.3 Å². The van der Waals surface area contributed by atoms with Crippen molar-refractivity contribution in [3.8, 4) is 0 Å². The fourth-order valence-electron chi connectivity index (χ4n) is 3.70. The highest BCUT2D eigenvalue weighted by Gasteiger charge is 2.16. The Balaban J connectivity index is 1.29. The Labute approximate surface area is 205 Å². The number of pyridine rings is 1. The molecule has 0 unspecified atom stereocenters. The molecule has 1 saturated heterocycles. The van der Waals surface area contributed by atoms with Crippen LogP contribution >= 0.6 is 22.9 Å². The van der Waals surface area contributed by atoms with Gasteiger partial charge in [0.2, 0.25) is 0 Å². The molecule has 3 N–H and O–H groups in total. The summed E-state index contributed by atoms with van der Waals surface area (Å²) in [6.07, 6.45) is 2.38. The van der Waals surface area contributed by atoms with Crippen LogP contribution in [-0.4, -0.2) is 65.0 Å². The van der Waals surface area contributed by atoms with E-state index in [4.69, 9.17) is 16.8 Å². The van der Waals surface area contributed by atoms with Gasteiger partial charge in [0.05, 0.1) is 11.4 Å². The number of fused-ring (bicyclic) bond motifs is 1. The normalized spacial score (nSPS) is 14.3. The fourth-order valence-corrected chi connectivity index (χ4v) is 4.69. The number of amides is 2. The highest BCUT2D eigenvalue weighted by Crippen LogP contribution is 2.30. The summed E-state index contributed by atoms with van der Waals surface area (Å²) in [6.45, 7) is 3.14. The first-order valence-electron chi connectivity index (χ1n) is 10.9. The van der Waals surface area contributed by atoms with Crippen molar-refractivity contribution in [3.05, 3.63) is 41.2 Å². The van der Waals surface area contributed by atoms with Gasteiger partial charge in [-0.1, -0.05) is 28.1 Å². The Kier molecular flexibility index (Phi) is 7.76. The lowest BCUT2D eigenvalue weighted by molar-refractivity contribution is 0.246. The molecule has 1 aliphatic heterocycles. The second kappa shape index (κ2) is 10.9. The Hall–Kier alpha value is -3.02. The molecule has 3 heterocycles. The van der Waals surface area contributed by atoms with E-state index in [1.807, 2.05) is 0 Å². The Morgan fingerprint density at radius 3 is 2.82 bits per heavy atom. The van der Waals surface area contributed by atoms with E-state index in [0.717, 1.165) is 44.6 Å². The molecule has 0 bridgehead atoms. The number of piperidine rings is 1. The molecule has 0 radical (unpaired) electrons. The first kappa shape index (κ1) is 24.1. The molecule has 0 saturated carbocycles. The summed E-state index contributed by atoms with van der Waals surface area (Å²) in [7, 11) is 1.72. The number of hydrogen-bond donors (Lipinski definition) is 3. The van der Waals surface area contributed by atoms with E-state index in [2.05, 4.69) is 30.7 Å². The van der Waals surface area contributed by atoms with Crippen LogP contribution in [-0.2, 0) is 0 Å². The van der Waals surface area contributed by atoms with Crippen molar-refractivity contribution in [1.29, 1.82) is 0 Å². The molecule has 9 nitrogen and oxygen atoms in total. The molecule has 1 fully saturated rings. The first-order chi connectivity index (χ1) is 16.4. The second-order valence-electron chi connectivity index (χ2n) is 7.91. The summed E-state index contributed by atoms with van der Waals surface area (Å²) in [5.74, 6) is 0.104. The molecule has 3 aromatic rings. The summed E-state index contributed by atoms with van der Waals surface area (Å²) in [4.78, 5) is 25.8. The highest BCUT2D eigenvalue weighted by molar-refractivity contribution is 7.22. The average molecular weight is 506 g/mol. The lowest BCUT2D eigenvalue weighted by Crippen LogP contribution is -2.36. The molecule has 0 spiro atoms. The van der Waals surface area contributed by atoms with Gasteiger partial charge in [0.1, 0.15) is 22.0 Å². The van der Waals surface area contributed by atoms with E-state index in [1.165, 1.54) is 17.4 Å². The topological polar surface area (TPSA) is 106 Å². The number of aromatic nitrogens is 2. The van der Waals surface area contributed by atoms with Crippen LogP contribution in [0.5, 0.6) is 0 Å². The summed E-state index contributed by atoms with van der Waals surface area (Å²) in [6, 6.07) is 7.68. The Morgan fingerprint density at radius 2 is 2.09 bits per heavy atom. The molecule has 1 aliphatic rings. The summed E-state index contributed by atoms with van der Waals surface area (Å²) in [5.41, 5.74) is 1.84. The van der Waals surface area contributed by atoms with Crippen LogP contribution in [0.15, 0.2) is 35.5 Å². The average Bonchev–Trinajstić information content (AvgIpc) is 3.23. The maximum absolute atomic E-state index is 14.3. The number of halogens is 2. The largest absolute Gasteiger partial charge is 0.411 e. The van der Waals surface area contributed by atoms with Crippen molar-refractivity contribution in [2.24, 2.45) is 5.16 Å². The van der Waals surface area contributed by atoms with Crippen molar-refractivity contribution < 1.29 is 14.4 Å². The van der Waals surface area contributed by atoms with Crippen LogP contribution in [0.4, 0.5) is 25.8 Å². The van der Waals surface area contributed by atoms with Gasteiger partial charge in [0.15, 0.2) is 5.13 Å². The monoisotopic (exact) mass is 505 g/mol. The summed E-state index contributed by atoms with van der Waals surface area (Å²) >= 11 is 7.09. The van der Waals surface area contributed by atoms with E-state index in [9.17, 15) is 9.18 Å². The van der Waals surface area contributed by atoms with Gasteiger partial charge in [-0.25, -0.2) is 19.2 Å². The number of thiazole rings is 1. The van der Waals surface area contributed by atoms with Gasteiger partial charge in [-0.3, -0.25) is 5.32 Å². The van der Waals surface area contributed by atoms with Gasteiger partial charge >= 0.3 is 6.03 Å². The number of rotatable bonds is 7. The zero-order valence-corrected chi connectivity index (χ0v) is 20.2. The third-order valence-corrected chi connectivity index (χ3v) is 6.70. The van der Waals surface area contributed by atoms with Gasteiger partial charge in [-0.05, 0) is 43.3 Å². The number of oxime groups is 1.